The highest BCUT2D eigenvalue weighted by Crippen LogP contribution is 2.19. The first-order chi connectivity index (χ1) is 7.51. The van der Waals surface area contributed by atoms with Crippen LogP contribution in [0.4, 0.5) is 0 Å². The predicted octanol–water partition coefficient (Wildman–Crippen LogP) is 0.987. The predicted molar refractivity (Wildman–Crippen MR) is 57.8 cm³/mol. The number of hydrogen-bond donors (Lipinski definition) is 1. The Balaban J connectivity index is 2.76. The second-order valence-corrected chi connectivity index (χ2v) is 3.89. The lowest BCUT2D eigenvalue weighted by molar-refractivity contribution is 0.0882. The van der Waals surface area contributed by atoms with Crippen LogP contribution < -0.4 is 5.73 Å². The molecule has 0 aliphatic heterocycles. The average Bonchev–Trinajstić information content (AvgIpc) is 2.75. The summed E-state index contributed by atoms with van der Waals surface area (Å²) in [7, 11) is 1.58. The zero-order valence-corrected chi connectivity index (χ0v) is 10.2. The molecule has 0 spiro atoms. The molecule has 16 heavy (non-hydrogen) atoms. The first-order valence-corrected chi connectivity index (χ1v) is 5.24. The van der Waals surface area contributed by atoms with Crippen molar-refractivity contribution in [3.05, 3.63) is 11.7 Å². The van der Waals surface area contributed by atoms with E-state index in [4.69, 9.17) is 19.7 Å². The minimum absolute atomic E-state index is 0.232. The van der Waals surface area contributed by atoms with E-state index in [0.29, 0.717) is 24.9 Å². The van der Waals surface area contributed by atoms with Gasteiger partial charge in [0, 0.05) is 13.7 Å². The van der Waals surface area contributed by atoms with Crippen LogP contribution >= 0.6 is 0 Å². The van der Waals surface area contributed by atoms with Gasteiger partial charge in [-0.05, 0) is 20.8 Å². The lowest BCUT2D eigenvalue weighted by atomic mass is 10.1. The monoisotopic (exact) mass is 229 g/mol. The molecule has 0 aliphatic rings. The zero-order valence-electron chi connectivity index (χ0n) is 10.2. The highest BCUT2D eigenvalue weighted by Gasteiger charge is 2.28. The van der Waals surface area contributed by atoms with Crippen molar-refractivity contribution < 1.29 is 14.0 Å². The van der Waals surface area contributed by atoms with Crippen molar-refractivity contribution in [3.8, 4) is 0 Å². The highest BCUT2D eigenvalue weighted by molar-refractivity contribution is 5.02. The van der Waals surface area contributed by atoms with Crippen LogP contribution in [0.1, 0.15) is 38.6 Å². The summed E-state index contributed by atoms with van der Waals surface area (Å²) in [5.74, 6) is 0.852. The van der Waals surface area contributed by atoms with Gasteiger partial charge >= 0.3 is 0 Å². The van der Waals surface area contributed by atoms with Gasteiger partial charge in [-0.1, -0.05) is 5.16 Å². The van der Waals surface area contributed by atoms with E-state index in [0.717, 1.165) is 0 Å². The third-order valence-corrected chi connectivity index (χ3v) is 2.26. The summed E-state index contributed by atoms with van der Waals surface area (Å²) >= 11 is 0. The van der Waals surface area contributed by atoms with Gasteiger partial charge in [-0.2, -0.15) is 4.98 Å². The number of rotatable bonds is 6. The third-order valence-electron chi connectivity index (χ3n) is 2.26. The van der Waals surface area contributed by atoms with Gasteiger partial charge < -0.3 is 19.7 Å². The lowest BCUT2D eigenvalue weighted by Crippen LogP contribution is -2.39. The summed E-state index contributed by atoms with van der Waals surface area (Å²) in [6.07, 6.45) is -0.232. The summed E-state index contributed by atoms with van der Waals surface area (Å²) in [5, 5.41) is 3.84. The van der Waals surface area contributed by atoms with E-state index < -0.39 is 5.54 Å². The Hall–Kier alpha value is -0.980. The van der Waals surface area contributed by atoms with Gasteiger partial charge in [0.25, 0.3) is 5.89 Å². The van der Waals surface area contributed by atoms with Gasteiger partial charge in [0.1, 0.15) is 11.6 Å². The number of nitrogens with zero attached hydrogens (tertiary/aromatic N) is 2. The standard InChI is InChI=1S/C10H19N3O3/c1-5-15-6-10(3,11)9-12-8(16-13-9)7(2)14-4/h7H,5-6,11H2,1-4H3. The summed E-state index contributed by atoms with van der Waals surface area (Å²) < 4.78 is 15.4. The van der Waals surface area contributed by atoms with E-state index in [-0.39, 0.29) is 6.10 Å². The van der Waals surface area contributed by atoms with Crippen LogP contribution in [-0.4, -0.2) is 30.5 Å². The molecular formula is C10H19N3O3. The largest absolute Gasteiger partial charge is 0.379 e. The van der Waals surface area contributed by atoms with Gasteiger partial charge in [0.05, 0.1) is 6.61 Å². The summed E-state index contributed by atoms with van der Waals surface area (Å²) in [6.45, 7) is 6.49. The molecule has 2 unspecified atom stereocenters. The fraction of sp³-hybridized carbons (Fsp3) is 0.800. The first kappa shape index (κ1) is 13.1. The van der Waals surface area contributed by atoms with Crippen LogP contribution in [-0.2, 0) is 15.0 Å². The van der Waals surface area contributed by atoms with Crippen molar-refractivity contribution in [1.82, 2.24) is 10.1 Å². The molecule has 2 atom stereocenters. The van der Waals surface area contributed by atoms with Crippen molar-refractivity contribution in [2.24, 2.45) is 5.73 Å². The molecule has 6 heteroatoms. The molecule has 1 aromatic rings. The van der Waals surface area contributed by atoms with Crippen LogP contribution in [0, 0.1) is 0 Å². The summed E-state index contributed by atoms with van der Waals surface area (Å²) in [6, 6.07) is 0. The SMILES string of the molecule is CCOCC(C)(N)c1noc(C(C)OC)n1. The Kier molecular flexibility index (Phi) is 4.40. The quantitative estimate of drug-likeness (QED) is 0.783. The highest BCUT2D eigenvalue weighted by atomic mass is 16.5. The molecule has 1 rings (SSSR count). The minimum atomic E-state index is -0.745. The van der Waals surface area contributed by atoms with E-state index >= 15 is 0 Å². The molecule has 0 amide bonds. The van der Waals surface area contributed by atoms with E-state index in [9.17, 15) is 0 Å². The maximum absolute atomic E-state index is 6.03. The Bertz CT molecular complexity index is 325. The molecular weight excluding hydrogens is 210 g/mol. The number of hydrogen-bond acceptors (Lipinski definition) is 6. The molecule has 0 aromatic carbocycles. The van der Waals surface area contributed by atoms with E-state index in [2.05, 4.69) is 10.1 Å². The minimum Gasteiger partial charge on any atom is -0.379 e. The van der Waals surface area contributed by atoms with Gasteiger partial charge in [0.15, 0.2) is 5.82 Å². The molecule has 6 nitrogen and oxygen atoms in total. The zero-order chi connectivity index (χ0) is 12.2. The lowest BCUT2D eigenvalue weighted by Gasteiger charge is -2.19. The normalized spacial score (nSPS) is 17.1. The van der Waals surface area contributed by atoms with Crippen LogP contribution in [0.5, 0.6) is 0 Å². The van der Waals surface area contributed by atoms with Crippen molar-refractivity contribution >= 4 is 0 Å². The Morgan fingerprint density at radius 2 is 2.25 bits per heavy atom. The van der Waals surface area contributed by atoms with Crippen molar-refractivity contribution in [2.45, 2.75) is 32.4 Å². The molecule has 0 saturated carbocycles. The molecule has 0 bridgehead atoms. The van der Waals surface area contributed by atoms with Gasteiger partial charge in [-0.3, -0.25) is 0 Å². The molecule has 2 N–H and O–H groups in total. The van der Waals surface area contributed by atoms with Crippen LogP contribution in [0.3, 0.4) is 0 Å². The Morgan fingerprint density at radius 1 is 1.56 bits per heavy atom. The van der Waals surface area contributed by atoms with Gasteiger partial charge in [-0.25, -0.2) is 0 Å². The van der Waals surface area contributed by atoms with Gasteiger partial charge in [-0.15, -0.1) is 0 Å². The van der Waals surface area contributed by atoms with Crippen LogP contribution in [0.15, 0.2) is 4.52 Å². The molecule has 0 saturated heterocycles. The maximum atomic E-state index is 6.03. The van der Waals surface area contributed by atoms with Crippen molar-refractivity contribution in [2.75, 3.05) is 20.3 Å². The van der Waals surface area contributed by atoms with Crippen LogP contribution in [0.25, 0.3) is 0 Å². The number of ether oxygens (including phenoxy) is 2. The number of nitrogens with two attached hydrogens (primary N) is 1. The van der Waals surface area contributed by atoms with E-state index in [1.165, 1.54) is 0 Å². The number of methoxy groups -OCH3 is 1. The topological polar surface area (TPSA) is 83.4 Å². The molecule has 0 aliphatic carbocycles. The molecule has 0 radical (unpaired) electrons. The molecule has 0 fully saturated rings. The average molecular weight is 229 g/mol. The fourth-order valence-electron chi connectivity index (χ4n) is 1.11. The summed E-state index contributed by atoms with van der Waals surface area (Å²) in [5.41, 5.74) is 5.28. The third kappa shape index (κ3) is 3.01. The van der Waals surface area contributed by atoms with E-state index in [1.807, 2.05) is 13.8 Å². The summed E-state index contributed by atoms with van der Waals surface area (Å²) in [4.78, 5) is 4.20. The fourth-order valence-corrected chi connectivity index (χ4v) is 1.11. The molecule has 1 heterocycles. The Labute approximate surface area is 95.1 Å². The Morgan fingerprint density at radius 3 is 2.81 bits per heavy atom. The van der Waals surface area contributed by atoms with Crippen LogP contribution in [0.2, 0.25) is 0 Å². The second kappa shape index (κ2) is 5.38. The molecule has 92 valence electrons. The maximum Gasteiger partial charge on any atom is 0.255 e. The van der Waals surface area contributed by atoms with Gasteiger partial charge in [0.2, 0.25) is 0 Å². The van der Waals surface area contributed by atoms with Crippen molar-refractivity contribution in [1.29, 1.82) is 0 Å². The van der Waals surface area contributed by atoms with Crippen molar-refractivity contribution in [3.63, 3.8) is 0 Å². The molecule has 1 aromatic heterocycles. The van der Waals surface area contributed by atoms with E-state index in [1.54, 1.807) is 14.0 Å². The second-order valence-electron chi connectivity index (χ2n) is 3.89. The first-order valence-electron chi connectivity index (χ1n) is 5.24. The smallest absolute Gasteiger partial charge is 0.255 e. The number of aromatic nitrogens is 2.